The summed E-state index contributed by atoms with van der Waals surface area (Å²) in [5.74, 6) is -1.17. The Balaban J connectivity index is 2.10. The van der Waals surface area contributed by atoms with Gasteiger partial charge in [-0.05, 0) is 87.9 Å². The highest BCUT2D eigenvalue weighted by molar-refractivity contribution is 7.92. The van der Waals surface area contributed by atoms with Crippen LogP contribution in [0.1, 0.15) is 39.7 Å². The number of hydrogen-bond acceptors (Lipinski definition) is 5. The SMILES string of the molecule is CCOc1ccc(N(CC(=O)N(Cc2c(Cl)cccc2Cl)[C@@H](CC)C(=O)NC(C)C)S(=O)(=O)c2ccc(F)cc2)cc1. The fourth-order valence-corrected chi connectivity index (χ4v) is 6.22. The number of hydrogen-bond donors (Lipinski definition) is 1. The standard InChI is InChI=1S/C30H34Cl2FN3O5S/c1-5-28(30(38)34-20(3)4)35(18-25-26(31)8-7-9-27(25)32)29(37)19-36(22-12-14-23(15-13-22)41-6-2)42(39,40)24-16-10-21(33)11-17-24/h7-17,20,28H,5-6,18-19H2,1-4H3,(H,34,38)/t28-/m0/s1. The van der Waals surface area contributed by atoms with Gasteiger partial charge in [0.15, 0.2) is 0 Å². The van der Waals surface area contributed by atoms with Crippen molar-refractivity contribution in [2.75, 3.05) is 17.5 Å². The van der Waals surface area contributed by atoms with Crippen molar-refractivity contribution in [1.82, 2.24) is 10.2 Å². The van der Waals surface area contributed by atoms with E-state index in [-0.39, 0.29) is 29.6 Å². The maximum atomic E-state index is 14.1. The van der Waals surface area contributed by atoms with Crippen molar-refractivity contribution in [3.05, 3.63) is 88.2 Å². The first-order chi connectivity index (χ1) is 19.9. The maximum Gasteiger partial charge on any atom is 0.264 e. The van der Waals surface area contributed by atoms with Gasteiger partial charge in [-0.3, -0.25) is 13.9 Å². The van der Waals surface area contributed by atoms with E-state index < -0.39 is 40.2 Å². The molecular weight excluding hydrogens is 604 g/mol. The van der Waals surface area contributed by atoms with Crippen LogP contribution in [0.4, 0.5) is 10.1 Å². The number of nitrogens with one attached hydrogen (secondary N) is 1. The summed E-state index contributed by atoms with van der Waals surface area (Å²) in [7, 11) is -4.36. The van der Waals surface area contributed by atoms with Crippen molar-refractivity contribution < 1.29 is 27.1 Å². The Kier molecular flexibility index (Phi) is 11.6. The zero-order chi connectivity index (χ0) is 31.0. The average molecular weight is 639 g/mol. The lowest BCUT2D eigenvalue weighted by atomic mass is 10.1. The number of halogens is 3. The van der Waals surface area contributed by atoms with Crippen LogP contribution in [0.5, 0.6) is 5.75 Å². The molecule has 0 heterocycles. The summed E-state index contributed by atoms with van der Waals surface area (Å²) in [6, 6.07) is 14.2. The highest BCUT2D eigenvalue weighted by Crippen LogP contribution is 2.29. The molecule has 3 rings (SSSR count). The molecule has 0 aliphatic heterocycles. The van der Waals surface area contributed by atoms with Crippen molar-refractivity contribution in [2.45, 2.75) is 57.6 Å². The molecule has 226 valence electrons. The molecule has 2 amide bonds. The van der Waals surface area contributed by atoms with Gasteiger partial charge >= 0.3 is 0 Å². The number of nitrogens with zero attached hydrogens (tertiary/aromatic N) is 2. The Labute approximate surface area is 256 Å². The first-order valence-corrected chi connectivity index (χ1v) is 15.6. The Bertz CT molecular complexity index is 1470. The molecule has 1 N–H and O–H groups in total. The Morgan fingerprint density at radius 3 is 2.07 bits per heavy atom. The summed E-state index contributed by atoms with van der Waals surface area (Å²) >= 11 is 12.9. The molecule has 0 unspecified atom stereocenters. The molecule has 3 aromatic carbocycles. The maximum absolute atomic E-state index is 14.1. The highest BCUT2D eigenvalue weighted by atomic mass is 35.5. The van der Waals surface area contributed by atoms with Crippen LogP contribution in [-0.4, -0.2) is 50.4 Å². The fraction of sp³-hybridized carbons (Fsp3) is 0.333. The van der Waals surface area contributed by atoms with Crippen LogP contribution in [-0.2, 0) is 26.2 Å². The number of amides is 2. The van der Waals surface area contributed by atoms with Gasteiger partial charge in [0.1, 0.15) is 24.2 Å². The van der Waals surface area contributed by atoms with Gasteiger partial charge in [-0.2, -0.15) is 0 Å². The molecule has 0 saturated heterocycles. The monoisotopic (exact) mass is 637 g/mol. The normalized spacial score (nSPS) is 12.1. The van der Waals surface area contributed by atoms with E-state index in [1.54, 1.807) is 51.1 Å². The van der Waals surface area contributed by atoms with Crippen molar-refractivity contribution in [1.29, 1.82) is 0 Å². The number of ether oxygens (including phenoxy) is 1. The summed E-state index contributed by atoms with van der Waals surface area (Å²) in [6.45, 7) is 6.76. The van der Waals surface area contributed by atoms with Gasteiger partial charge in [-0.1, -0.05) is 36.2 Å². The van der Waals surface area contributed by atoms with Crippen molar-refractivity contribution in [3.8, 4) is 5.75 Å². The molecule has 0 aliphatic rings. The lowest BCUT2D eigenvalue weighted by Crippen LogP contribution is -2.53. The number of anilines is 1. The molecule has 42 heavy (non-hydrogen) atoms. The molecular formula is C30H34Cl2FN3O5S. The van der Waals surface area contributed by atoms with Gasteiger partial charge < -0.3 is 15.0 Å². The van der Waals surface area contributed by atoms with E-state index in [0.717, 1.165) is 28.6 Å². The fourth-order valence-electron chi connectivity index (χ4n) is 4.29. The van der Waals surface area contributed by atoms with Crippen molar-refractivity contribution >= 4 is 50.7 Å². The van der Waals surface area contributed by atoms with Crippen molar-refractivity contribution in [3.63, 3.8) is 0 Å². The van der Waals surface area contributed by atoms with Gasteiger partial charge in [0.25, 0.3) is 10.0 Å². The molecule has 0 radical (unpaired) electrons. The van der Waals surface area contributed by atoms with Crippen LogP contribution in [0.2, 0.25) is 10.0 Å². The predicted molar refractivity (Wildman–Crippen MR) is 163 cm³/mol. The van der Waals surface area contributed by atoms with Gasteiger partial charge in [-0.25, -0.2) is 12.8 Å². The molecule has 3 aromatic rings. The minimum atomic E-state index is -4.36. The van der Waals surface area contributed by atoms with E-state index >= 15 is 0 Å². The number of benzene rings is 3. The second-order valence-electron chi connectivity index (χ2n) is 9.70. The highest BCUT2D eigenvalue weighted by Gasteiger charge is 2.34. The number of sulfonamides is 1. The third-order valence-electron chi connectivity index (χ3n) is 6.32. The van der Waals surface area contributed by atoms with E-state index in [2.05, 4.69) is 5.32 Å². The van der Waals surface area contributed by atoms with E-state index in [1.165, 1.54) is 17.0 Å². The first-order valence-electron chi connectivity index (χ1n) is 13.4. The Morgan fingerprint density at radius 1 is 0.952 bits per heavy atom. The van der Waals surface area contributed by atoms with Crippen LogP contribution in [0.3, 0.4) is 0 Å². The summed E-state index contributed by atoms with van der Waals surface area (Å²) in [5.41, 5.74) is 0.588. The van der Waals surface area contributed by atoms with Crippen LogP contribution in [0, 0.1) is 5.82 Å². The molecule has 12 heteroatoms. The lowest BCUT2D eigenvalue weighted by molar-refractivity contribution is -0.140. The average Bonchev–Trinajstić information content (AvgIpc) is 2.93. The van der Waals surface area contributed by atoms with Gasteiger partial charge in [-0.15, -0.1) is 0 Å². The Morgan fingerprint density at radius 2 is 1.55 bits per heavy atom. The second kappa shape index (κ2) is 14.7. The zero-order valence-electron chi connectivity index (χ0n) is 23.8. The van der Waals surface area contributed by atoms with Gasteiger partial charge in [0.05, 0.1) is 17.2 Å². The third-order valence-corrected chi connectivity index (χ3v) is 8.82. The molecule has 1 atom stereocenters. The summed E-state index contributed by atoms with van der Waals surface area (Å²) < 4.78 is 47.8. The summed E-state index contributed by atoms with van der Waals surface area (Å²) in [4.78, 5) is 28.4. The topological polar surface area (TPSA) is 96.0 Å². The lowest BCUT2D eigenvalue weighted by Gasteiger charge is -2.34. The molecule has 0 fully saturated rings. The van der Waals surface area contributed by atoms with Crippen molar-refractivity contribution in [2.24, 2.45) is 0 Å². The molecule has 0 bridgehead atoms. The van der Waals surface area contributed by atoms with Crippen LogP contribution >= 0.6 is 23.2 Å². The molecule has 0 spiro atoms. The quantitative estimate of drug-likeness (QED) is 0.246. The molecule has 0 aliphatic carbocycles. The van der Waals surface area contributed by atoms with E-state index in [1.807, 2.05) is 6.92 Å². The Hall–Kier alpha value is -3.34. The smallest absolute Gasteiger partial charge is 0.264 e. The molecule has 0 saturated carbocycles. The second-order valence-corrected chi connectivity index (χ2v) is 12.4. The minimum Gasteiger partial charge on any atom is -0.494 e. The molecule has 0 aromatic heterocycles. The third kappa shape index (κ3) is 8.14. The number of carbonyl (C=O) groups is 2. The summed E-state index contributed by atoms with van der Waals surface area (Å²) in [6.07, 6.45) is 0.236. The van der Waals surface area contributed by atoms with E-state index in [0.29, 0.717) is 28.0 Å². The van der Waals surface area contributed by atoms with E-state index in [4.69, 9.17) is 27.9 Å². The number of rotatable bonds is 13. The van der Waals surface area contributed by atoms with Gasteiger partial charge in [0, 0.05) is 28.2 Å². The van der Waals surface area contributed by atoms with Gasteiger partial charge in [0.2, 0.25) is 11.8 Å². The van der Waals surface area contributed by atoms with Crippen LogP contribution in [0.25, 0.3) is 0 Å². The largest absolute Gasteiger partial charge is 0.494 e. The molecule has 8 nitrogen and oxygen atoms in total. The van der Waals surface area contributed by atoms with E-state index in [9.17, 15) is 22.4 Å². The van der Waals surface area contributed by atoms with Crippen LogP contribution in [0.15, 0.2) is 71.6 Å². The zero-order valence-corrected chi connectivity index (χ0v) is 26.1. The number of carbonyl (C=O) groups excluding carboxylic acids is 2. The predicted octanol–water partition coefficient (Wildman–Crippen LogP) is 6.06. The minimum absolute atomic E-state index is 0.144. The first kappa shape index (κ1) is 33.2. The van der Waals surface area contributed by atoms with Crippen LogP contribution < -0.4 is 14.4 Å². The summed E-state index contributed by atoms with van der Waals surface area (Å²) in [5, 5.41) is 3.42.